The van der Waals surface area contributed by atoms with Crippen molar-refractivity contribution in [3.8, 4) is 34.2 Å². The van der Waals surface area contributed by atoms with Crippen LogP contribution in [0, 0.1) is 18.3 Å². The van der Waals surface area contributed by atoms with Gasteiger partial charge < -0.3 is 9.64 Å². The molecule has 2 aromatic carbocycles. The van der Waals surface area contributed by atoms with Gasteiger partial charge in [0.05, 0.1) is 29.5 Å². The maximum absolute atomic E-state index is 9.10. The van der Waals surface area contributed by atoms with Crippen LogP contribution < -0.4 is 9.64 Å². The van der Waals surface area contributed by atoms with Crippen molar-refractivity contribution in [1.82, 2.24) is 15.2 Å². The van der Waals surface area contributed by atoms with Gasteiger partial charge in [0.2, 0.25) is 0 Å². The Morgan fingerprint density at radius 1 is 1.03 bits per heavy atom. The van der Waals surface area contributed by atoms with Crippen molar-refractivity contribution in [2.75, 3.05) is 19.1 Å². The van der Waals surface area contributed by atoms with E-state index in [0.717, 1.165) is 33.8 Å². The highest BCUT2D eigenvalue weighted by Gasteiger charge is 2.14. The Hall–Kier alpha value is -3.82. The number of anilines is 2. The topological polar surface area (TPSA) is 77.8 Å². The van der Waals surface area contributed by atoms with Crippen LogP contribution in [0.5, 0.6) is 5.75 Å². The molecule has 0 amide bonds. The summed E-state index contributed by atoms with van der Waals surface area (Å²) in [5, 5.41) is 17.2. The number of nitrogens with one attached hydrogen (secondary N) is 1. The number of rotatable bonds is 5. The largest absolute Gasteiger partial charge is 0.497 e. The third-order valence-electron chi connectivity index (χ3n) is 5.13. The van der Waals surface area contributed by atoms with Crippen LogP contribution in [-0.2, 0) is 0 Å². The van der Waals surface area contributed by atoms with E-state index in [1.165, 1.54) is 0 Å². The third-order valence-corrected chi connectivity index (χ3v) is 5.44. The molecule has 2 heterocycles. The first-order valence-electron chi connectivity index (χ1n) is 9.60. The molecular formula is C24H20ClN5O. The summed E-state index contributed by atoms with van der Waals surface area (Å²) < 4.78 is 5.21. The predicted molar refractivity (Wildman–Crippen MR) is 123 cm³/mol. The standard InChI is InChI=1S/C24H20ClN5O/c1-15-10-16(14-26)4-6-19(15)17-8-9-27-23(11-17)30(2)24-13-22(28-29-24)20-7-5-18(31-3)12-21(20)25/h4-13H,1-3H3,(H,28,29). The number of nitrogens with zero attached hydrogens (tertiary/aromatic N) is 4. The molecule has 0 aliphatic heterocycles. The second kappa shape index (κ2) is 8.50. The smallest absolute Gasteiger partial charge is 0.156 e. The van der Waals surface area contributed by atoms with Gasteiger partial charge in [0.15, 0.2) is 5.82 Å². The van der Waals surface area contributed by atoms with E-state index in [-0.39, 0.29) is 0 Å². The molecule has 154 valence electrons. The number of H-pyrrole nitrogens is 1. The van der Waals surface area contributed by atoms with Gasteiger partial charge >= 0.3 is 0 Å². The third kappa shape index (κ3) is 4.09. The molecule has 0 saturated heterocycles. The first-order chi connectivity index (χ1) is 15.0. The number of nitriles is 1. The average Bonchev–Trinajstić information content (AvgIpc) is 3.28. The van der Waals surface area contributed by atoms with Crippen LogP contribution in [0.1, 0.15) is 11.1 Å². The van der Waals surface area contributed by atoms with Gasteiger partial charge in [-0.3, -0.25) is 5.10 Å². The van der Waals surface area contributed by atoms with Gasteiger partial charge in [0.1, 0.15) is 11.6 Å². The number of pyridine rings is 1. The Balaban J connectivity index is 1.63. The van der Waals surface area contributed by atoms with Gasteiger partial charge in [-0.15, -0.1) is 0 Å². The summed E-state index contributed by atoms with van der Waals surface area (Å²) in [5.74, 6) is 2.16. The number of hydrogen-bond donors (Lipinski definition) is 1. The Labute approximate surface area is 185 Å². The van der Waals surface area contributed by atoms with Crippen LogP contribution in [0.15, 0.2) is 60.8 Å². The van der Waals surface area contributed by atoms with Crippen molar-refractivity contribution in [1.29, 1.82) is 5.26 Å². The van der Waals surface area contributed by atoms with Crippen molar-refractivity contribution in [2.24, 2.45) is 0 Å². The van der Waals surface area contributed by atoms with Gasteiger partial charge in [-0.1, -0.05) is 17.7 Å². The monoisotopic (exact) mass is 429 g/mol. The van der Waals surface area contributed by atoms with E-state index in [1.807, 2.05) is 67.4 Å². The first-order valence-corrected chi connectivity index (χ1v) is 9.98. The molecule has 0 fully saturated rings. The van der Waals surface area contributed by atoms with Crippen molar-refractivity contribution in [3.63, 3.8) is 0 Å². The van der Waals surface area contributed by atoms with Crippen LogP contribution in [0.3, 0.4) is 0 Å². The molecule has 2 aromatic heterocycles. The highest BCUT2D eigenvalue weighted by atomic mass is 35.5. The van der Waals surface area contributed by atoms with Gasteiger partial charge in [-0.25, -0.2) is 4.98 Å². The molecule has 7 heteroatoms. The Morgan fingerprint density at radius 2 is 1.84 bits per heavy atom. The first kappa shape index (κ1) is 20.5. The molecule has 0 aliphatic carbocycles. The molecule has 0 unspecified atom stereocenters. The van der Waals surface area contributed by atoms with Gasteiger partial charge in [-0.05, 0) is 66.1 Å². The van der Waals surface area contributed by atoms with Crippen molar-refractivity contribution in [3.05, 3.63) is 76.9 Å². The number of aryl methyl sites for hydroxylation is 1. The second-order valence-corrected chi connectivity index (χ2v) is 7.50. The van der Waals surface area contributed by atoms with Crippen LogP contribution >= 0.6 is 11.6 Å². The minimum atomic E-state index is 0.577. The normalized spacial score (nSPS) is 10.5. The van der Waals surface area contributed by atoms with Crippen LogP contribution in [0.4, 0.5) is 11.6 Å². The molecule has 0 spiro atoms. The molecule has 0 saturated carbocycles. The number of ether oxygens (including phenoxy) is 1. The SMILES string of the molecule is COc1ccc(-c2cc(N(C)c3cc(-c4ccc(C#N)cc4C)ccn3)n[nH]2)c(Cl)c1. The van der Waals surface area contributed by atoms with E-state index < -0.39 is 0 Å². The van der Waals surface area contributed by atoms with Crippen molar-refractivity contribution < 1.29 is 4.74 Å². The molecule has 0 bridgehead atoms. The summed E-state index contributed by atoms with van der Waals surface area (Å²) in [6.45, 7) is 2.00. The maximum Gasteiger partial charge on any atom is 0.156 e. The zero-order valence-corrected chi connectivity index (χ0v) is 18.1. The van der Waals surface area contributed by atoms with Gasteiger partial charge in [-0.2, -0.15) is 10.4 Å². The number of halogens is 1. The molecule has 0 atom stereocenters. The summed E-state index contributed by atoms with van der Waals surface area (Å²) in [5.41, 5.74) is 5.40. The van der Waals surface area contributed by atoms with E-state index in [9.17, 15) is 0 Å². The van der Waals surface area contributed by atoms with E-state index in [1.54, 1.807) is 19.4 Å². The lowest BCUT2D eigenvalue weighted by molar-refractivity contribution is 0.415. The lowest BCUT2D eigenvalue weighted by Crippen LogP contribution is -2.11. The number of benzene rings is 2. The summed E-state index contributed by atoms with van der Waals surface area (Å²) in [7, 11) is 3.52. The fourth-order valence-electron chi connectivity index (χ4n) is 3.41. The van der Waals surface area contributed by atoms with Crippen LogP contribution in [-0.4, -0.2) is 29.3 Å². The molecule has 31 heavy (non-hydrogen) atoms. The molecule has 4 rings (SSSR count). The fourth-order valence-corrected chi connectivity index (χ4v) is 3.68. The molecule has 1 N–H and O–H groups in total. The molecule has 0 aliphatic rings. The lowest BCUT2D eigenvalue weighted by Gasteiger charge is -2.16. The summed E-state index contributed by atoms with van der Waals surface area (Å²) in [6.07, 6.45) is 1.77. The van der Waals surface area contributed by atoms with Gasteiger partial charge in [0.25, 0.3) is 0 Å². The zero-order valence-electron chi connectivity index (χ0n) is 17.3. The fraction of sp³-hybridized carbons (Fsp3) is 0.125. The van der Waals surface area contributed by atoms with E-state index >= 15 is 0 Å². The number of methoxy groups -OCH3 is 1. The Kier molecular flexibility index (Phi) is 5.61. The summed E-state index contributed by atoms with van der Waals surface area (Å²) in [6, 6.07) is 19.3. The highest BCUT2D eigenvalue weighted by molar-refractivity contribution is 6.33. The molecular weight excluding hydrogens is 410 g/mol. The van der Waals surface area contributed by atoms with Crippen molar-refractivity contribution >= 4 is 23.2 Å². The molecule has 0 radical (unpaired) electrons. The average molecular weight is 430 g/mol. The zero-order chi connectivity index (χ0) is 22.0. The van der Waals surface area contributed by atoms with E-state index in [0.29, 0.717) is 22.2 Å². The number of hydrogen-bond acceptors (Lipinski definition) is 5. The summed E-state index contributed by atoms with van der Waals surface area (Å²) in [4.78, 5) is 6.41. The van der Waals surface area contributed by atoms with E-state index in [2.05, 4.69) is 21.3 Å². The minimum Gasteiger partial charge on any atom is -0.497 e. The quantitative estimate of drug-likeness (QED) is 0.437. The summed E-state index contributed by atoms with van der Waals surface area (Å²) >= 11 is 6.40. The van der Waals surface area contributed by atoms with Crippen molar-refractivity contribution in [2.45, 2.75) is 6.92 Å². The molecule has 4 aromatic rings. The van der Waals surface area contributed by atoms with Gasteiger partial charge in [0, 0.05) is 24.9 Å². The lowest BCUT2D eigenvalue weighted by atomic mass is 9.99. The maximum atomic E-state index is 9.10. The van der Waals surface area contributed by atoms with E-state index in [4.69, 9.17) is 21.6 Å². The Bertz CT molecular complexity index is 1290. The number of aromatic nitrogens is 3. The highest BCUT2D eigenvalue weighted by Crippen LogP contribution is 2.33. The Morgan fingerprint density at radius 3 is 2.55 bits per heavy atom. The molecule has 6 nitrogen and oxygen atoms in total. The van der Waals surface area contributed by atoms with Crippen LogP contribution in [0.25, 0.3) is 22.4 Å². The minimum absolute atomic E-state index is 0.577. The predicted octanol–water partition coefficient (Wildman–Crippen LogP) is 5.75. The second-order valence-electron chi connectivity index (χ2n) is 7.09. The number of aromatic amines is 1. The van der Waals surface area contributed by atoms with Crippen LogP contribution in [0.2, 0.25) is 5.02 Å².